The summed E-state index contributed by atoms with van der Waals surface area (Å²) in [5, 5.41) is 24.3. The maximum Gasteiger partial charge on any atom is 0.269 e. The third-order valence-electron chi connectivity index (χ3n) is 6.84. The second-order valence-corrected chi connectivity index (χ2v) is 11.2. The highest BCUT2D eigenvalue weighted by atomic mass is 32.2. The summed E-state index contributed by atoms with van der Waals surface area (Å²) >= 11 is 3.08. The number of thioether (sulfide) groups is 1. The molecule has 2 unspecified atom stereocenters. The first kappa shape index (κ1) is 24.2. The molecule has 0 N–H and O–H groups in total. The van der Waals surface area contributed by atoms with Crippen LogP contribution in [0.1, 0.15) is 23.5 Å². The lowest BCUT2D eigenvalue weighted by Crippen LogP contribution is -2.48. The maximum atomic E-state index is 11.4. The molecule has 0 amide bonds. The summed E-state index contributed by atoms with van der Waals surface area (Å²) in [5.74, 6) is 0. The number of aromatic nitrogens is 1. The molecule has 40 heavy (non-hydrogen) atoms. The Morgan fingerprint density at radius 2 is 1.38 bits per heavy atom. The van der Waals surface area contributed by atoms with Crippen molar-refractivity contribution in [3.63, 3.8) is 0 Å². The van der Waals surface area contributed by atoms with Gasteiger partial charge in [-0.05, 0) is 71.4 Å². The van der Waals surface area contributed by atoms with Crippen LogP contribution in [0.25, 0.3) is 10.2 Å². The summed E-state index contributed by atoms with van der Waals surface area (Å²) in [6.45, 7) is 0. The number of amidine groups is 1. The highest BCUT2D eigenvalue weighted by Crippen LogP contribution is 2.53. The van der Waals surface area contributed by atoms with Crippen molar-refractivity contribution >= 4 is 60.7 Å². The molecule has 2 aliphatic rings. The minimum absolute atomic E-state index is 0.00287. The van der Waals surface area contributed by atoms with Gasteiger partial charge >= 0.3 is 0 Å². The Labute approximate surface area is 235 Å². The van der Waals surface area contributed by atoms with E-state index in [4.69, 9.17) is 9.98 Å². The molecule has 10 nitrogen and oxygen atoms in total. The second-order valence-electron chi connectivity index (χ2n) is 9.17. The number of nitro groups is 2. The van der Waals surface area contributed by atoms with E-state index in [1.165, 1.54) is 35.6 Å². The second kappa shape index (κ2) is 9.43. The van der Waals surface area contributed by atoms with Crippen LogP contribution in [-0.2, 0) is 0 Å². The fourth-order valence-corrected chi connectivity index (χ4v) is 7.08. The minimum Gasteiger partial charge on any atom is -0.296 e. The predicted octanol–water partition coefficient (Wildman–Crippen LogP) is 7.30. The zero-order valence-corrected chi connectivity index (χ0v) is 22.2. The molecule has 3 heterocycles. The highest BCUT2D eigenvalue weighted by molar-refractivity contribution is 8.14. The van der Waals surface area contributed by atoms with E-state index >= 15 is 0 Å². The summed E-state index contributed by atoms with van der Waals surface area (Å²) in [6, 6.07) is 28.9. The smallest absolute Gasteiger partial charge is 0.269 e. The number of hydrogen-bond donors (Lipinski definition) is 0. The van der Waals surface area contributed by atoms with Crippen LogP contribution < -0.4 is 9.80 Å². The van der Waals surface area contributed by atoms with Crippen molar-refractivity contribution in [1.82, 2.24) is 4.98 Å². The molecule has 7 rings (SSSR count). The Kier molecular flexibility index (Phi) is 5.72. The quantitative estimate of drug-likeness (QED) is 0.161. The highest BCUT2D eigenvalue weighted by Gasteiger charge is 2.45. The lowest BCUT2D eigenvalue weighted by molar-refractivity contribution is -0.385. The third-order valence-corrected chi connectivity index (χ3v) is 8.94. The van der Waals surface area contributed by atoms with Gasteiger partial charge in [-0.1, -0.05) is 35.6 Å². The minimum atomic E-state index is -0.561. The maximum absolute atomic E-state index is 11.4. The molecular weight excluding hydrogens is 548 g/mol. The van der Waals surface area contributed by atoms with Crippen molar-refractivity contribution in [2.75, 3.05) is 9.80 Å². The molecule has 2 aliphatic heterocycles. The van der Waals surface area contributed by atoms with Crippen molar-refractivity contribution in [2.24, 2.45) is 4.99 Å². The van der Waals surface area contributed by atoms with E-state index in [0.717, 1.165) is 37.1 Å². The lowest BCUT2D eigenvalue weighted by Gasteiger charge is -2.45. The molecule has 0 aliphatic carbocycles. The number of rotatable bonds is 5. The Hall–Kier alpha value is -4.81. The molecule has 2 atom stereocenters. The van der Waals surface area contributed by atoms with E-state index in [2.05, 4.69) is 9.80 Å². The molecule has 5 aromatic rings. The van der Waals surface area contributed by atoms with Crippen LogP contribution in [0.4, 0.5) is 22.2 Å². The number of aliphatic imine (C=N–C) groups is 1. The number of nitrogens with zero attached hydrogens (tertiary/aromatic N) is 6. The van der Waals surface area contributed by atoms with Gasteiger partial charge in [-0.2, -0.15) is 0 Å². The third kappa shape index (κ3) is 3.96. The van der Waals surface area contributed by atoms with E-state index in [-0.39, 0.29) is 11.4 Å². The first-order valence-corrected chi connectivity index (χ1v) is 13.9. The summed E-state index contributed by atoms with van der Waals surface area (Å²) in [4.78, 5) is 37.4. The molecule has 0 saturated heterocycles. The van der Waals surface area contributed by atoms with Gasteiger partial charge in [-0.25, -0.2) is 9.98 Å². The van der Waals surface area contributed by atoms with E-state index < -0.39 is 22.2 Å². The number of anilines is 2. The largest absolute Gasteiger partial charge is 0.296 e. The number of fused-ring (bicyclic) bond motifs is 4. The van der Waals surface area contributed by atoms with Gasteiger partial charge in [-0.15, -0.1) is 0 Å². The first-order chi connectivity index (χ1) is 19.5. The monoisotopic (exact) mass is 566 g/mol. The Morgan fingerprint density at radius 3 is 2.05 bits per heavy atom. The summed E-state index contributed by atoms with van der Waals surface area (Å²) < 4.78 is 1.01. The molecule has 0 fully saturated rings. The first-order valence-electron chi connectivity index (χ1n) is 12.2. The van der Waals surface area contributed by atoms with Crippen molar-refractivity contribution in [3.8, 4) is 0 Å². The molecule has 12 heteroatoms. The van der Waals surface area contributed by atoms with Gasteiger partial charge in [0.1, 0.15) is 6.17 Å². The topological polar surface area (TPSA) is 118 Å². The average Bonchev–Trinajstić information content (AvgIpc) is 3.57. The van der Waals surface area contributed by atoms with Crippen LogP contribution >= 0.6 is 23.1 Å². The van der Waals surface area contributed by atoms with Crippen molar-refractivity contribution in [2.45, 2.75) is 17.2 Å². The van der Waals surface area contributed by atoms with Crippen molar-refractivity contribution < 1.29 is 9.85 Å². The van der Waals surface area contributed by atoms with Crippen LogP contribution in [0.3, 0.4) is 0 Å². The summed E-state index contributed by atoms with van der Waals surface area (Å²) in [7, 11) is 0. The van der Waals surface area contributed by atoms with Crippen LogP contribution in [-0.4, -0.2) is 20.0 Å². The Morgan fingerprint density at radius 1 is 0.750 bits per heavy atom. The molecule has 0 bridgehead atoms. The zero-order chi connectivity index (χ0) is 27.4. The molecular formula is C28H18N6O4S2. The van der Waals surface area contributed by atoms with Crippen LogP contribution in [0, 0.1) is 20.2 Å². The van der Waals surface area contributed by atoms with Gasteiger partial charge in [0.15, 0.2) is 16.5 Å². The number of nitro benzene ring substituents is 2. The van der Waals surface area contributed by atoms with E-state index in [1.807, 2.05) is 48.5 Å². The zero-order valence-electron chi connectivity index (χ0n) is 20.5. The van der Waals surface area contributed by atoms with E-state index in [0.29, 0.717) is 5.13 Å². The van der Waals surface area contributed by atoms with Crippen LogP contribution in [0.2, 0.25) is 0 Å². The Balaban J connectivity index is 1.47. The van der Waals surface area contributed by atoms with E-state index in [9.17, 15) is 20.2 Å². The van der Waals surface area contributed by atoms with Gasteiger partial charge in [0.05, 0.1) is 25.8 Å². The number of benzene rings is 4. The fraction of sp³-hybridized carbons (Fsp3) is 0.0714. The van der Waals surface area contributed by atoms with Crippen LogP contribution in [0.15, 0.2) is 107 Å². The van der Waals surface area contributed by atoms with Gasteiger partial charge in [0.25, 0.3) is 11.4 Å². The molecule has 0 spiro atoms. The Bertz CT molecular complexity index is 1790. The lowest BCUT2D eigenvalue weighted by atomic mass is 10.0. The van der Waals surface area contributed by atoms with Crippen LogP contribution in [0.5, 0.6) is 0 Å². The van der Waals surface area contributed by atoms with Crippen molar-refractivity contribution in [1.29, 1.82) is 0 Å². The van der Waals surface area contributed by atoms with Gasteiger partial charge in [0.2, 0.25) is 0 Å². The SMILES string of the molecule is O=[N+]([O-])c1ccc(C2N=C3Sc4ccccc4N3C(c3ccc([N+](=O)[O-])cc3)N2c2nc3ccccc3s2)cc1. The van der Waals surface area contributed by atoms with Gasteiger partial charge < -0.3 is 0 Å². The molecule has 196 valence electrons. The predicted molar refractivity (Wildman–Crippen MR) is 156 cm³/mol. The normalized spacial score (nSPS) is 17.9. The average molecular weight is 567 g/mol. The number of para-hydroxylation sites is 2. The van der Waals surface area contributed by atoms with Crippen molar-refractivity contribution in [3.05, 3.63) is 128 Å². The number of hydrogen-bond acceptors (Lipinski definition) is 10. The molecule has 1 aromatic heterocycles. The summed E-state index contributed by atoms with van der Waals surface area (Å²) in [5.41, 5.74) is 3.40. The molecule has 0 radical (unpaired) electrons. The summed E-state index contributed by atoms with van der Waals surface area (Å²) in [6.07, 6.45) is -1.01. The standard InChI is InChI=1S/C28H18N6O4S2/c35-33(36)19-13-9-17(10-14-19)25-30-28-31(22-6-2-4-8-24(22)40-28)26(18-11-15-20(16-12-18)34(37)38)32(25)27-29-21-5-1-3-7-23(21)39-27/h1-16,25-26H. The van der Waals surface area contributed by atoms with E-state index in [1.54, 1.807) is 36.0 Å². The fourth-order valence-electron chi connectivity index (χ4n) is 5.00. The van der Waals surface area contributed by atoms with Gasteiger partial charge in [-0.3, -0.25) is 30.0 Å². The molecule has 4 aromatic carbocycles. The molecule has 0 saturated carbocycles. The number of thiazole rings is 1. The van der Waals surface area contributed by atoms with Gasteiger partial charge in [0, 0.05) is 29.2 Å². The number of non-ortho nitro benzene ring substituents is 2.